The molecule has 2 rings (SSSR count). The molecule has 1 N–H and O–H groups in total. The Bertz CT molecular complexity index is 533. The summed E-state index contributed by atoms with van der Waals surface area (Å²) in [5.41, 5.74) is 1.87. The number of fused-ring (bicyclic) bond motifs is 1. The number of aliphatic hydroxyl groups is 1. The van der Waals surface area contributed by atoms with Crippen LogP contribution in [0.4, 0.5) is 0 Å². The Balaban J connectivity index is 2.71. The number of hydrogen-bond donors (Lipinski definition) is 1. The number of aliphatic hydroxyl groups excluding tert-OH is 1. The average molecular weight is 253 g/mol. The standard InChI is InChI=1S/C13H17ClN2O/c1-4-8(2)16-12-6-5-10(14)7-11(12)15-13(16)9(3)17/h5-9,17H,4H2,1-3H3. The summed E-state index contributed by atoms with van der Waals surface area (Å²) in [6.45, 7) is 5.99. The fraction of sp³-hybridized carbons (Fsp3) is 0.462. The lowest BCUT2D eigenvalue weighted by molar-refractivity contribution is 0.182. The number of nitrogens with zero attached hydrogens (tertiary/aromatic N) is 2. The van der Waals surface area contributed by atoms with Crippen molar-refractivity contribution < 1.29 is 5.11 Å². The Morgan fingerprint density at radius 3 is 2.71 bits per heavy atom. The quantitative estimate of drug-likeness (QED) is 0.904. The fourth-order valence-electron chi connectivity index (χ4n) is 2.03. The van der Waals surface area contributed by atoms with Gasteiger partial charge in [-0.2, -0.15) is 0 Å². The van der Waals surface area contributed by atoms with E-state index in [0.717, 1.165) is 17.5 Å². The summed E-state index contributed by atoms with van der Waals surface area (Å²) in [5, 5.41) is 10.5. The summed E-state index contributed by atoms with van der Waals surface area (Å²) in [6.07, 6.45) is 0.420. The number of imidazole rings is 1. The van der Waals surface area contributed by atoms with Crippen molar-refractivity contribution >= 4 is 22.6 Å². The van der Waals surface area contributed by atoms with E-state index in [1.807, 2.05) is 18.2 Å². The third-order valence-electron chi connectivity index (χ3n) is 3.08. The molecule has 2 unspecified atom stereocenters. The summed E-state index contributed by atoms with van der Waals surface area (Å²) >= 11 is 5.96. The van der Waals surface area contributed by atoms with Crippen LogP contribution in [0.5, 0.6) is 0 Å². The zero-order valence-electron chi connectivity index (χ0n) is 10.3. The van der Waals surface area contributed by atoms with Crippen LogP contribution in [0.15, 0.2) is 18.2 Å². The monoisotopic (exact) mass is 252 g/mol. The molecule has 0 radical (unpaired) electrons. The van der Waals surface area contributed by atoms with Crippen molar-refractivity contribution in [2.45, 2.75) is 39.3 Å². The van der Waals surface area contributed by atoms with Gasteiger partial charge in [-0.05, 0) is 38.5 Å². The van der Waals surface area contributed by atoms with Gasteiger partial charge >= 0.3 is 0 Å². The summed E-state index contributed by atoms with van der Waals surface area (Å²) in [5.74, 6) is 0.705. The van der Waals surface area contributed by atoms with Gasteiger partial charge in [0.25, 0.3) is 0 Å². The molecule has 0 saturated carbocycles. The van der Waals surface area contributed by atoms with E-state index in [1.54, 1.807) is 6.92 Å². The van der Waals surface area contributed by atoms with Gasteiger partial charge in [0, 0.05) is 11.1 Å². The van der Waals surface area contributed by atoms with Crippen LogP contribution in [0.3, 0.4) is 0 Å². The molecule has 0 fully saturated rings. The molecule has 0 aliphatic rings. The molecule has 0 spiro atoms. The zero-order chi connectivity index (χ0) is 12.6. The highest BCUT2D eigenvalue weighted by atomic mass is 35.5. The van der Waals surface area contributed by atoms with Gasteiger partial charge in [-0.1, -0.05) is 18.5 Å². The van der Waals surface area contributed by atoms with Crippen molar-refractivity contribution in [3.63, 3.8) is 0 Å². The van der Waals surface area contributed by atoms with Crippen molar-refractivity contribution in [1.29, 1.82) is 0 Å². The zero-order valence-corrected chi connectivity index (χ0v) is 11.1. The minimum absolute atomic E-state index is 0.311. The SMILES string of the molecule is CCC(C)n1c(C(C)O)nc2cc(Cl)ccc21. The van der Waals surface area contributed by atoms with Crippen LogP contribution in [0, 0.1) is 0 Å². The maximum absolute atomic E-state index is 9.80. The maximum Gasteiger partial charge on any atom is 0.138 e. The Morgan fingerprint density at radius 2 is 2.12 bits per heavy atom. The minimum Gasteiger partial charge on any atom is -0.385 e. The van der Waals surface area contributed by atoms with Gasteiger partial charge < -0.3 is 9.67 Å². The van der Waals surface area contributed by atoms with Crippen LogP contribution >= 0.6 is 11.6 Å². The topological polar surface area (TPSA) is 38.0 Å². The van der Waals surface area contributed by atoms with Crippen LogP contribution in [0.25, 0.3) is 11.0 Å². The molecular weight excluding hydrogens is 236 g/mol. The van der Waals surface area contributed by atoms with E-state index in [0.29, 0.717) is 16.9 Å². The third kappa shape index (κ3) is 2.17. The smallest absolute Gasteiger partial charge is 0.138 e. The van der Waals surface area contributed by atoms with E-state index in [-0.39, 0.29) is 0 Å². The highest BCUT2D eigenvalue weighted by molar-refractivity contribution is 6.31. The Labute approximate surface area is 106 Å². The van der Waals surface area contributed by atoms with Gasteiger partial charge in [0.1, 0.15) is 11.9 Å². The molecule has 2 atom stereocenters. The van der Waals surface area contributed by atoms with Gasteiger partial charge in [0.05, 0.1) is 11.0 Å². The van der Waals surface area contributed by atoms with Crippen LogP contribution in [0.2, 0.25) is 5.02 Å². The van der Waals surface area contributed by atoms with Crippen LogP contribution in [-0.4, -0.2) is 14.7 Å². The Kier molecular flexibility index (Phi) is 3.40. The number of hydrogen-bond acceptors (Lipinski definition) is 2. The molecule has 4 heteroatoms. The number of aromatic nitrogens is 2. The largest absolute Gasteiger partial charge is 0.385 e. The summed E-state index contributed by atoms with van der Waals surface area (Å²) < 4.78 is 2.09. The predicted octanol–water partition coefficient (Wildman–Crippen LogP) is 3.71. The second-order valence-electron chi connectivity index (χ2n) is 4.41. The van der Waals surface area contributed by atoms with Crippen LogP contribution in [0.1, 0.15) is 45.2 Å². The molecule has 1 heterocycles. The Hall–Kier alpha value is -1.06. The average Bonchev–Trinajstić information content (AvgIpc) is 2.66. The number of halogens is 1. The van der Waals surface area contributed by atoms with E-state index < -0.39 is 6.10 Å². The van der Waals surface area contributed by atoms with Gasteiger partial charge in [0.2, 0.25) is 0 Å². The van der Waals surface area contributed by atoms with Crippen molar-refractivity contribution in [2.24, 2.45) is 0 Å². The molecule has 17 heavy (non-hydrogen) atoms. The summed E-state index contributed by atoms with van der Waals surface area (Å²) in [7, 11) is 0. The molecule has 1 aromatic carbocycles. The molecule has 92 valence electrons. The fourth-order valence-corrected chi connectivity index (χ4v) is 2.20. The lowest BCUT2D eigenvalue weighted by Crippen LogP contribution is -2.10. The maximum atomic E-state index is 9.80. The lowest BCUT2D eigenvalue weighted by Gasteiger charge is -2.17. The molecule has 0 amide bonds. The van der Waals surface area contributed by atoms with E-state index in [1.165, 1.54) is 0 Å². The first-order valence-electron chi connectivity index (χ1n) is 5.90. The number of rotatable bonds is 3. The summed E-state index contributed by atoms with van der Waals surface area (Å²) in [4.78, 5) is 4.47. The minimum atomic E-state index is -0.574. The second kappa shape index (κ2) is 4.67. The molecular formula is C13H17ClN2O. The molecule has 0 aliphatic carbocycles. The van der Waals surface area contributed by atoms with Crippen LogP contribution < -0.4 is 0 Å². The molecule has 0 bridgehead atoms. The van der Waals surface area contributed by atoms with Crippen molar-refractivity contribution in [2.75, 3.05) is 0 Å². The first-order valence-corrected chi connectivity index (χ1v) is 6.27. The predicted molar refractivity (Wildman–Crippen MR) is 70.4 cm³/mol. The van der Waals surface area contributed by atoms with Crippen molar-refractivity contribution in [1.82, 2.24) is 9.55 Å². The van der Waals surface area contributed by atoms with E-state index in [4.69, 9.17) is 11.6 Å². The molecule has 0 aliphatic heterocycles. The van der Waals surface area contributed by atoms with E-state index in [9.17, 15) is 5.11 Å². The molecule has 2 aromatic rings. The lowest BCUT2D eigenvalue weighted by atomic mass is 10.2. The summed E-state index contributed by atoms with van der Waals surface area (Å²) in [6, 6.07) is 5.96. The number of benzene rings is 1. The third-order valence-corrected chi connectivity index (χ3v) is 3.32. The molecule has 3 nitrogen and oxygen atoms in total. The second-order valence-corrected chi connectivity index (χ2v) is 4.84. The molecule has 0 saturated heterocycles. The van der Waals surface area contributed by atoms with Gasteiger partial charge in [-0.25, -0.2) is 4.98 Å². The van der Waals surface area contributed by atoms with Crippen molar-refractivity contribution in [3.8, 4) is 0 Å². The molecule has 1 aromatic heterocycles. The van der Waals surface area contributed by atoms with Crippen molar-refractivity contribution in [3.05, 3.63) is 29.0 Å². The first kappa shape index (κ1) is 12.4. The Morgan fingerprint density at radius 1 is 1.41 bits per heavy atom. The first-order chi connectivity index (χ1) is 8.04. The normalized spacial score (nSPS) is 15.1. The highest BCUT2D eigenvalue weighted by Crippen LogP contribution is 2.28. The van der Waals surface area contributed by atoms with E-state index in [2.05, 4.69) is 23.4 Å². The van der Waals surface area contributed by atoms with Crippen LogP contribution in [-0.2, 0) is 0 Å². The highest BCUT2D eigenvalue weighted by Gasteiger charge is 2.17. The van der Waals surface area contributed by atoms with Gasteiger partial charge in [-0.3, -0.25) is 0 Å². The van der Waals surface area contributed by atoms with Gasteiger partial charge in [-0.15, -0.1) is 0 Å². The van der Waals surface area contributed by atoms with Gasteiger partial charge in [0.15, 0.2) is 0 Å². The van der Waals surface area contributed by atoms with E-state index >= 15 is 0 Å².